The van der Waals surface area contributed by atoms with Crippen molar-refractivity contribution in [2.75, 3.05) is 39.0 Å². The van der Waals surface area contributed by atoms with E-state index in [1.165, 1.54) is 11.8 Å². The van der Waals surface area contributed by atoms with Crippen molar-refractivity contribution in [1.29, 1.82) is 0 Å². The lowest BCUT2D eigenvalue weighted by atomic mass is 10.2. The Morgan fingerprint density at radius 1 is 1.18 bits per heavy atom. The lowest BCUT2D eigenvalue weighted by molar-refractivity contribution is -0.129. The third kappa shape index (κ3) is 3.74. The van der Waals surface area contributed by atoms with E-state index in [9.17, 15) is 9.59 Å². The molecular formula is C20H28N4O2S2. The molecule has 2 aliphatic rings. The molecule has 1 amide bonds. The molecule has 28 heavy (non-hydrogen) atoms. The van der Waals surface area contributed by atoms with Gasteiger partial charge in [0.15, 0.2) is 5.16 Å². The van der Waals surface area contributed by atoms with Crippen molar-refractivity contribution < 1.29 is 4.79 Å². The number of hydrogen-bond acceptors (Lipinski definition) is 6. The van der Waals surface area contributed by atoms with E-state index in [2.05, 4.69) is 11.9 Å². The Morgan fingerprint density at radius 2 is 1.86 bits per heavy atom. The van der Waals surface area contributed by atoms with Gasteiger partial charge in [0.2, 0.25) is 5.91 Å². The first-order chi connectivity index (χ1) is 13.5. The summed E-state index contributed by atoms with van der Waals surface area (Å²) in [6.45, 7) is 7.45. The molecule has 1 saturated heterocycles. The fourth-order valence-electron chi connectivity index (χ4n) is 4.15. The van der Waals surface area contributed by atoms with Gasteiger partial charge in [0, 0.05) is 37.1 Å². The Hall–Kier alpha value is -1.38. The highest BCUT2D eigenvalue weighted by molar-refractivity contribution is 7.99. The zero-order chi connectivity index (χ0) is 19.8. The van der Waals surface area contributed by atoms with E-state index < -0.39 is 0 Å². The van der Waals surface area contributed by atoms with Crippen molar-refractivity contribution in [3.8, 4) is 0 Å². The number of aryl methyl sites for hydroxylation is 2. The molecule has 0 spiro atoms. The van der Waals surface area contributed by atoms with E-state index in [0.29, 0.717) is 10.9 Å². The van der Waals surface area contributed by atoms with Gasteiger partial charge in [-0.3, -0.25) is 14.2 Å². The largest absolute Gasteiger partial charge is 0.339 e. The second kappa shape index (κ2) is 8.16. The summed E-state index contributed by atoms with van der Waals surface area (Å²) in [5.41, 5.74) is 1.13. The van der Waals surface area contributed by atoms with Crippen molar-refractivity contribution in [2.45, 2.75) is 50.7 Å². The normalized spacial score (nSPS) is 19.0. The number of fused-ring (bicyclic) bond motifs is 1. The highest BCUT2D eigenvalue weighted by Gasteiger charge is 2.26. The molecule has 2 aromatic rings. The van der Waals surface area contributed by atoms with Gasteiger partial charge in [-0.15, -0.1) is 11.3 Å². The minimum absolute atomic E-state index is 0.0771. The van der Waals surface area contributed by atoms with Gasteiger partial charge in [-0.05, 0) is 39.3 Å². The monoisotopic (exact) mass is 420 g/mol. The summed E-state index contributed by atoms with van der Waals surface area (Å²) in [6, 6.07) is 0.213. The van der Waals surface area contributed by atoms with Crippen molar-refractivity contribution in [3.63, 3.8) is 0 Å². The minimum Gasteiger partial charge on any atom is -0.339 e. The smallest absolute Gasteiger partial charge is 0.263 e. The molecule has 8 heteroatoms. The van der Waals surface area contributed by atoms with Crippen LogP contribution in [0.25, 0.3) is 10.2 Å². The van der Waals surface area contributed by atoms with E-state index in [1.54, 1.807) is 11.3 Å². The summed E-state index contributed by atoms with van der Waals surface area (Å²) in [6.07, 6.45) is 4.35. The Bertz CT molecular complexity index is 938. The highest BCUT2D eigenvalue weighted by atomic mass is 32.2. The molecule has 2 fully saturated rings. The summed E-state index contributed by atoms with van der Waals surface area (Å²) >= 11 is 3.02. The van der Waals surface area contributed by atoms with Crippen molar-refractivity contribution in [2.24, 2.45) is 0 Å². The number of nitrogens with zero attached hydrogens (tertiary/aromatic N) is 4. The SMILES string of the molecule is Cc1sc2nc(SCC(=O)N3CCN(C)CC3)n(C3CCCC3)c(=O)c2c1C. The molecule has 0 unspecified atom stereocenters. The van der Waals surface area contributed by atoms with E-state index in [1.807, 2.05) is 23.3 Å². The molecule has 0 N–H and O–H groups in total. The summed E-state index contributed by atoms with van der Waals surface area (Å²) in [5.74, 6) is 0.488. The number of rotatable bonds is 4. The van der Waals surface area contributed by atoms with Crippen LogP contribution in [0, 0.1) is 13.8 Å². The van der Waals surface area contributed by atoms with E-state index in [4.69, 9.17) is 4.98 Å². The van der Waals surface area contributed by atoms with Gasteiger partial charge in [0.25, 0.3) is 5.56 Å². The standard InChI is InChI=1S/C20H28N4O2S2/c1-13-14(2)28-18-17(13)19(26)24(15-6-4-5-7-15)20(21-18)27-12-16(25)23-10-8-22(3)9-11-23/h15H,4-12H2,1-3H3. The van der Waals surface area contributed by atoms with E-state index >= 15 is 0 Å². The highest BCUT2D eigenvalue weighted by Crippen LogP contribution is 2.34. The fourth-order valence-corrected chi connectivity index (χ4v) is 6.19. The topological polar surface area (TPSA) is 58.4 Å². The Balaban J connectivity index is 1.62. The molecular weight excluding hydrogens is 392 g/mol. The predicted molar refractivity (Wildman–Crippen MR) is 116 cm³/mol. The lowest BCUT2D eigenvalue weighted by Crippen LogP contribution is -2.47. The van der Waals surface area contributed by atoms with Gasteiger partial charge >= 0.3 is 0 Å². The Kier molecular flexibility index (Phi) is 5.81. The van der Waals surface area contributed by atoms with Crippen LogP contribution in [0.3, 0.4) is 0 Å². The predicted octanol–water partition coefficient (Wildman–Crippen LogP) is 3.06. The molecule has 1 saturated carbocycles. The van der Waals surface area contributed by atoms with Crippen LogP contribution < -0.4 is 5.56 Å². The maximum Gasteiger partial charge on any atom is 0.263 e. The van der Waals surface area contributed by atoms with Gasteiger partial charge < -0.3 is 9.80 Å². The van der Waals surface area contributed by atoms with Gasteiger partial charge in [-0.25, -0.2) is 4.98 Å². The molecule has 1 aliphatic heterocycles. The lowest BCUT2D eigenvalue weighted by Gasteiger charge is -2.32. The first kappa shape index (κ1) is 19.9. The van der Waals surface area contributed by atoms with Gasteiger partial charge in [-0.1, -0.05) is 24.6 Å². The quantitative estimate of drug-likeness (QED) is 0.562. The summed E-state index contributed by atoms with van der Waals surface area (Å²) < 4.78 is 1.90. The van der Waals surface area contributed by atoms with E-state index in [-0.39, 0.29) is 17.5 Å². The number of aromatic nitrogens is 2. The van der Waals surface area contributed by atoms with Crippen LogP contribution in [0.5, 0.6) is 0 Å². The molecule has 2 aromatic heterocycles. The molecule has 0 atom stereocenters. The Morgan fingerprint density at radius 3 is 2.54 bits per heavy atom. The van der Waals surface area contributed by atoms with Crippen LogP contribution in [-0.4, -0.2) is 64.2 Å². The number of thioether (sulfide) groups is 1. The van der Waals surface area contributed by atoms with Crippen LogP contribution in [0.15, 0.2) is 9.95 Å². The summed E-state index contributed by atoms with van der Waals surface area (Å²) in [5, 5.41) is 1.48. The molecule has 6 nitrogen and oxygen atoms in total. The van der Waals surface area contributed by atoms with Crippen molar-refractivity contribution in [1.82, 2.24) is 19.4 Å². The number of hydrogen-bond donors (Lipinski definition) is 0. The maximum absolute atomic E-state index is 13.4. The van der Waals surface area contributed by atoms with E-state index in [0.717, 1.165) is 72.5 Å². The van der Waals surface area contributed by atoms with Crippen LogP contribution in [0.2, 0.25) is 0 Å². The first-order valence-corrected chi connectivity index (χ1v) is 11.9. The minimum atomic E-state index is 0.0771. The second-order valence-corrected chi connectivity index (χ2v) is 10.1. The number of likely N-dealkylation sites (N-methyl/N-ethyl adjacent to an activating group) is 1. The van der Waals surface area contributed by atoms with Crippen molar-refractivity contribution >= 4 is 39.2 Å². The number of amides is 1. The van der Waals surface area contributed by atoms with Crippen LogP contribution in [0.1, 0.15) is 42.2 Å². The fraction of sp³-hybridized carbons (Fsp3) is 0.650. The second-order valence-electron chi connectivity index (χ2n) is 7.94. The molecule has 0 radical (unpaired) electrons. The Labute approximate surface area is 173 Å². The average Bonchev–Trinajstić information content (AvgIpc) is 3.29. The number of carbonyl (C=O) groups is 1. The zero-order valence-corrected chi connectivity index (χ0v) is 18.5. The number of carbonyl (C=O) groups excluding carboxylic acids is 1. The molecule has 152 valence electrons. The number of thiophene rings is 1. The molecule has 4 rings (SSSR count). The van der Waals surface area contributed by atoms with Gasteiger partial charge in [-0.2, -0.15) is 0 Å². The summed E-state index contributed by atoms with van der Waals surface area (Å²) in [7, 11) is 2.08. The van der Waals surface area contributed by atoms with Crippen molar-refractivity contribution in [3.05, 3.63) is 20.8 Å². The molecule has 3 heterocycles. The maximum atomic E-state index is 13.4. The molecule has 0 aromatic carbocycles. The van der Waals surface area contributed by atoms with Crippen LogP contribution in [-0.2, 0) is 4.79 Å². The van der Waals surface area contributed by atoms with Gasteiger partial charge in [0.05, 0.1) is 11.1 Å². The third-order valence-corrected chi connectivity index (χ3v) is 8.11. The van der Waals surface area contributed by atoms with Crippen LogP contribution in [0.4, 0.5) is 0 Å². The average molecular weight is 421 g/mol. The number of piperazine rings is 1. The van der Waals surface area contributed by atoms with Gasteiger partial charge in [0.1, 0.15) is 4.83 Å². The first-order valence-electron chi connectivity index (χ1n) is 10.1. The molecule has 0 bridgehead atoms. The summed E-state index contributed by atoms with van der Waals surface area (Å²) in [4.78, 5) is 37.0. The van der Waals surface area contributed by atoms with Crippen LogP contribution >= 0.6 is 23.1 Å². The zero-order valence-electron chi connectivity index (χ0n) is 16.9. The third-order valence-electron chi connectivity index (χ3n) is 6.07. The molecule has 1 aliphatic carbocycles.